The van der Waals surface area contributed by atoms with Crippen LogP contribution in [0.5, 0.6) is 0 Å². The summed E-state index contributed by atoms with van der Waals surface area (Å²) in [5.74, 6) is -2.72. The van der Waals surface area contributed by atoms with Crippen LogP contribution >= 0.6 is 11.3 Å². The Bertz CT molecular complexity index is 932. The zero-order valence-electron chi connectivity index (χ0n) is 15.1. The predicted molar refractivity (Wildman–Crippen MR) is 96.3 cm³/mol. The van der Waals surface area contributed by atoms with Crippen LogP contribution in [-0.2, 0) is 17.6 Å². The van der Waals surface area contributed by atoms with Crippen LogP contribution in [0.1, 0.15) is 36.9 Å². The number of aliphatic hydroxyl groups is 1. The summed E-state index contributed by atoms with van der Waals surface area (Å²) in [5, 5.41) is 13.9. The summed E-state index contributed by atoms with van der Waals surface area (Å²) in [6.07, 6.45) is -3.29. The zero-order valence-corrected chi connectivity index (χ0v) is 16.0. The molecule has 28 heavy (non-hydrogen) atoms. The van der Waals surface area contributed by atoms with Crippen molar-refractivity contribution in [1.82, 2.24) is 15.0 Å². The first-order valence-electron chi connectivity index (χ1n) is 8.90. The largest absolute Gasteiger partial charge is 0.493 e. The van der Waals surface area contributed by atoms with Gasteiger partial charge < -0.3 is 15.3 Å². The van der Waals surface area contributed by atoms with E-state index in [4.69, 9.17) is 0 Å². The van der Waals surface area contributed by atoms with Crippen LogP contribution in [0.3, 0.4) is 0 Å². The molecule has 2 N–H and O–H groups in total. The van der Waals surface area contributed by atoms with Crippen molar-refractivity contribution in [3.63, 3.8) is 0 Å². The first kappa shape index (κ1) is 20.7. The second kappa shape index (κ2) is 7.80. The highest BCUT2D eigenvalue weighted by atomic mass is 32.1. The number of hydrogen-bond acceptors (Lipinski definition) is 7. The van der Waals surface area contributed by atoms with Gasteiger partial charge in [-0.25, -0.2) is 9.78 Å². The molecule has 1 fully saturated rings. The first-order chi connectivity index (χ1) is 13.1. The van der Waals surface area contributed by atoms with Gasteiger partial charge in [-0.3, -0.25) is 4.79 Å². The van der Waals surface area contributed by atoms with Crippen LogP contribution in [0.15, 0.2) is 10.9 Å². The van der Waals surface area contributed by atoms with Gasteiger partial charge in [0.25, 0.3) is 5.56 Å². The van der Waals surface area contributed by atoms with E-state index in [9.17, 15) is 27.9 Å². The molecule has 11 heteroatoms. The fraction of sp³-hybridized carbons (Fsp3) is 0.588. The molecular weight excluding hydrogens is 399 g/mol. The Labute approximate surface area is 162 Å². The van der Waals surface area contributed by atoms with Crippen LogP contribution < -0.4 is 15.7 Å². The maximum Gasteiger partial charge on any atom is 0.493 e. The fourth-order valence-electron chi connectivity index (χ4n) is 3.13. The third-order valence-corrected chi connectivity index (χ3v) is 5.66. The number of carbonyl (C=O) groups is 1. The van der Waals surface area contributed by atoms with Crippen molar-refractivity contribution in [3.05, 3.63) is 27.1 Å². The van der Waals surface area contributed by atoms with Crippen molar-refractivity contribution in [2.45, 2.75) is 50.8 Å². The molecule has 0 radical (unpaired) electrons. The Morgan fingerprint density at radius 1 is 1.43 bits per heavy atom. The minimum atomic E-state index is -5.26. The second-order valence-corrected chi connectivity index (χ2v) is 7.95. The van der Waals surface area contributed by atoms with Gasteiger partial charge in [-0.2, -0.15) is 13.2 Å². The molecule has 2 aromatic heterocycles. The monoisotopic (exact) mass is 419 g/mol. The number of hydrogen-bond donors (Lipinski definition) is 2. The average Bonchev–Trinajstić information content (AvgIpc) is 3.00. The number of carbonyl (C=O) groups excluding carboxylic acids is 1. The highest BCUT2D eigenvalue weighted by Crippen LogP contribution is 2.26. The number of halogens is 3. The lowest BCUT2D eigenvalue weighted by atomic mass is 9.89. The van der Waals surface area contributed by atoms with Gasteiger partial charge in [0.05, 0.1) is 11.0 Å². The lowest BCUT2D eigenvalue weighted by molar-refractivity contribution is -0.200. The van der Waals surface area contributed by atoms with Crippen molar-refractivity contribution >= 4 is 27.5 Å². The molecule has 3 rings (SSSR count). The van der Waals surface area contributed by atoms with E-state index in [1.807, 2.05) is 6.92 Å². The van der Waals surface area contributed by atoms with E-state index in [0.29, 0.717) is 37.2 Å². The van der Waals surface area contributed by atoms with Gasteiger partial charge in [-0.15, -0.1) is 16.1 Å². The van der Waals surface area contributed by atoms with Crippen molar-refractivity contribution < 1.29 is 27.9 Å². The van der Waals surface area contributed by atoms with Crippen molar-refractivity contribution in [1.29, 1.82) is 0 Å². The SMILES string of the molecule is CCCc1cc2c(=O)n(OC(=O)C(F)(F)F)c(CC3(O)CCNCC3)nc2s1. The normalized spacial score (nSPS) is 17.0. The van der Waals surface area contributed by atoms with E-state index in [2.05, 4.69) is 15.1 Å². The second-order valence-electron chi connectivity index (χ2n) is 6.84. The van der Waals surface area contributed by atoms with E-state index in [0.717, 1.165) is 11.3 Å². The number of piperidine rings is 1. The number of fused-ring (bicyclic) bond motifs is 1. The van der Waals surface area contributed by atoms with Gasteiger partial charge in [0.2, 0.25) is 0 Å². The summed E-state index contributed by atoms with van der Waals surface area (Å²) < 4.78 is 38.3. The van der Waals surface area contributed by atoms with Crippen LogP contribution in [0.4, 0.5) is 13.2 Å². The molecule has 0 spiro atoms. The molecule has 0 saturated carbocycles. The zero-order chi connectivity index (χ0) is 20.5. The lowest BCUT2D eigenvalue weighted by Crippen LogP contribution is -2.46. The molecule has 0 unspecified atom stereocenters. The molecule has 1 aliphatic rings. The van der Waals surface area contributed by atoms with E-state index >= 15 is 0 Å². The van der Waals surface area contributed by atoms with Gasteiger partial charge >= 0.3 is 12.1 Å². The van der Waals surface area contributed by atoms with Gasteiger partial charge in [0.1, 0.15) is 4.83 Å². The maximum atomic E-state index is 12.8. The number of alkyl halides is 3. The lowest BCUT2D eigenvalue weighted by Gasteiger charge is -2.32. The number of rotatable bonds is 5. The Balaban J connectivity index is 2.08. The summed E-state index contributed by atoms with van der Waals surface area (Å²) in [6, 6.07) is 1.56. The molecule has 1 saturated heterocycles. The summed E-state index contributed by atoms with van der Waals surface area (Å²) in [5.41, 5.74) is -2.15. The highest BCUT2D eigenvalue weighted by Gasteiger charge is 2.43. The van der Waals surface area contributed by atoms with Crippen molar-refractivity contribution in [3.8, 4) is 0 Å². The first-order valence-corrected chi connectivity index (χ1v) is 9.71. The molecule has 0 atom stereocenters. The highest BCUT2D eigenvalue weighted by molar-refractivity contribution is 7.18. The smallest absolute Gasteiger partial charge is 0.389 e. The molecule has 154 valence electrons. The Hall–Kier alpha value is -1.98. The molecule has 0 amide bonds. The summed E-state index contributed by atoms with van der Waals surface area (Å²) >= 11 is 1.26. The van der Waals surface area contributed by atoms with Crippen LogP contribution in [0.25, 0.3) is 10.2 Å². The van der Waals surface area contributed by atoms with Gasteiger partial charge in [0, 0.05) is 11.3 Å². The fourth-order valence-corrected chi connectivity index (χ4v) is 4.27. The van der Waals surface area contributed by atoms with Crippen molar-refractivity contribution in [2.75, 3.05) is 13.1 Å². The van der Waals surface area contributed by atoms with E-state index in [1.54, 1.807) is 6.07 Å². The predicted octanol–water partition coefficient (Wildman–Crippen LogP) is 1.58. The number of aryl methyl sites for hydroxylation is 1. The third kappa shape index (κ3) is 4.36. The minimum absolute atomic E-state index is 0.0875. The van der Waals surface area contributed by atoms with Crippen LogP contribution in [0, 0.1) is 0 Å². The molecule has 7 nitrogen and oxygen atoms in total. The molecular formula is C17H20F3N3O4S. The summed E-state index contributed by atoms with van der Waals surface area (Å²) in [7, 11) is 0. The molecule has 0 bridgehead atoms. The van der Waals surface area contributed by atoms with E-state index < -0.39 is 23.3 Å². The minimum Gasteiger partial charge on any atom is -0.389 e. The standard InChI is InChI=1S/C17H20F3N3O4S/c1-2-3-10-8-11-13(28-10)22-12(9-16(26)4-6-21-7-5-16)23(14(11)24)27-15(25)17(18,19)20/h8,21,26H,2-7,9H2,1H3. The topological polar surface area (TPSA) is 93.5 Å². The Morgan fingerprint density at radius 3 is 2.71 bits per heavy atom. The van der Waals surface area contributed by atoms with Gasteiger partial charge in [-0.1, -0.05) is 13.3 Å². The van der Waals surface area contributed by atoms with Crippen LogP contribution in [0.2, 0.25) is 0 Å². The summed E-state index contributed by atoms with van der Waals surface area (Å²) in [6.45, 7) is 3.00. The number of nitrogens with one attached hydrogen (secondary N) is 1. The average molecular weight is 419 g/mol. The van der Waals surface area contributed by atoms with Gasteiger partial charge in [0.15, 0.2) is 5.82 Å². The van der Waals surface area contributed by atoms with E-state index in [1.165, 1.54) is 11.3 Å². The van der Waals surface area contributed by atoms with E-state index in [-0.39, 0.29) is 22.4 Å². The quantitative estimate of drug-likeness (QED) is 0.765. The van der Waals surface area contributed by atoms with Crippen molar-refractivity contribution in [2.24, 2.45) is 0 Å². The number of nitrogens with zero attached hydrogens (tertiary/aromatic N) is 2. The Morgan fingerprint density at radius 2 is 2.11 bits per heavy atom. The summed E-state index contributed by atoms with van der Waals surface area (Å²) in [4.78, 5) is 33.9. The Kier molecular flexibility index (Phi) is 5.78. The maximum absolute atomic E-state index is 12.8. The molecule has 3 heterocycles. The van der Waals surface area contributed by atoms with Crippen LogP contribution in [-0.4, -0.2) is 45.7 Å². The molecule has 0 aromatic carbocycles. The van der Waals surface area contributed by atoms with Gasteiger partial charge in [-0.05, 0) is 38.4 Å². The molecule has 2 aromatic rings. The molecule has 0 aliphatic carbocycles. The number of aromatic nitrogens is 2. The number of thiophene rings is 1. The molecule has 1 aliphatic heterocycles. The third-order valence-electron chi connectivity index (χ3n) is 4.57.